The van der Waals surface area contributed by atoms with Gasteiger partial charge in [0.1, 0.15) is 22.5 Å². The fraction of sp³-hybridized carbons (Fsp3) is 0. The van der Waals surface area contributed by atoms with Gasteiger partial charge in [0.05, 0.1) is 21.7 Å². The van der Waals surface area contributed by atoms with E-state index in [1.54, 1.807) is 12.1 Å². The van der Waals surface area contributed by atoms with Crippen LogP contribution in [0.15, 0.2) is 66.9 Å². The van der Waals surface area contributed by atoms with Crippen molar-refractivity contribution < 1.29 is 19.1 Å². The number of benzene rings is 2. The fourth-order valence-electron chi connectivity index (χ4n) is 2.94. The van der Waals surface area contributed by atoms with Crippen molar-refractivity contribution in [3.8, 4) is 22.3 Å². The summed E-state index contributed by atoms with van der Waals surface area (Å²) in [4.78, 5) is 25.3. The maximum absolute atomic E-state index is 13.8. The summed E-state index contributed by atoms with van der Waals surface area (Å²) in [5, 5.41) is 25.3. The molecule has 2 aromatic carbocycles. The highest BCUT2D eigenvalue weighted by Crippen LogP contribution is 2.31. The van der Waals surface area contributed by atoms with Crippen LogP contribution in [0.1, 0.15) is 25.6 Å². The number of carboxylic acids is 1. The lowest BCUT2D eigenvalue weighted by Gasteiger charge is -2.06. The third-order valence-corrected chi connectivity index (χ3v) is 5.33. The van der Waals surface area contributed by atoms with Gasteiger partial charge in [-0.1, -0.05) is 18.2 Å². The Kier molecular flexibility index (Phi) is 5.30. The van der Waals surface area contributed by atoms with Gasteiger partial charge < -0.3 is 10.4 Å². The number of amides is 1. The van der Waals surface area contributed by atoms with Gasteiger partial charge >= 0.3 is 5.97 Å². The number of carbonyl (C=O) groups excluding carboxylic acids is 1. The average Bonchev–Trinajstić information content (AvgIpc) is 3.41. The molecule has 0 saturated heterocycles. The van der Waals surface area contributed by atoms with Crippen molar-refractivity contribution in [3.63, 3.8) is 0 Å². The number of anilines is 1. The van der Waals surface area contributed by atoms with Crippen LogP contribution in [-0.2, 0) is 0 Å². The number of para-hydroxylation sites is 1. The van der Waals surface area contributed by atoms with E-state index >= 15 is 0 Å². The Morgan fingerprint density at radius 2 is 1.90 bits per heavy atom. The van der Waals surface area contributed by atoms with Gasteiger partial charge in [0, 0.05) is 11.9 Å². The Morgan fingerprint density at radius 3 is 2.58 bits per heavy atom. The number of nitrogens with zero attached hydrogens (tertiary/aromatic N) is 3. The molecule has 2 heterocycles. The number of carboxylic acid groups (broad SMARTS) is 1. The van der Waals surface area contributed by atoms with E-state index in [4.69, 9.17) is 10.4 Å². The van der Waals surface area contributed by atoms with Crippen molar-refractivity contribution in [2.24, 2.45) is 0 Å². The molecule has 4 aromatic rings. The highest BCUT2D eigenvalue weighted by Gasteiger charge is 2.21. The van der Waals surface area contributed by atoms with Crippen LogP contribution in [0.3, 0.4) is 0 Å². The van der Waals surface area contributed by atoms with Gasteiger partial charge in [-0.25, -0.2) is 13.9 Å². The van der Waals surface area contributed by atoms with E-state index in [0.29, 0.717) is 15.4 Å². The minimum atomic E-state index is -1.31. The van der Waals surface area contributed by atoms with Crippen molar-refractivity contribution >= 4 is 28.9 Å². The SMILES string of the molecule is N#Cc1ccc(-c2nn(-c3ccccc3)cc2C(=O)Nc2cc(F)cc(C(=O)O)c2)s1. The second kappa shape index (κ2) is 8.22. The molecule has 0 saturated carbocycles. The third-order valence-electron chi connectivity index (χ3n) is 4.33. The molecule has 2 N–H and O–H groups in total. The number of aromatic carboxylic acids is 1. The molecular weight excluding hydrogens is 419 g/mol. The van der Waals surface area contributed by atoms with Crippen molar-refractivity contribution in [3.05, 3.63) is 88.7 Å². The summed E-state index contributed by atoms with van der Waals surface area (Å²) in [5.41, 5.74) is 0.981. The van der Waals surface area contributed by atoms with E-state index < -0.39 is 17.7 Å². The van der Waals surface area contributed by atoms with Crippen LogP contribution >= 0.6 is 11.3 Å². The monoisotopic (exact) mass is 432 g/mol. The van der Waals surface area contributed by atoms with Crippen LogP contribution in [-0.4, -0.2) is 26.8 Å². The Labute approximate surface area is 179 Å². The smallest absolute Gasteiger partial charge is 0.335 e. The molecule has 0 spiro atoms. The summed E-state index contributed by atoms with van der Waals surface area (Å²) in [5.74, 6) is -2.69. The molecule has 0 unspecified atom stereocenters. The van der Waals surface area contributed by atoms with Crippen LogP contribution in [0.4, 0.5) is 10.1 Å². The predicted molar refractivity (Wildman–Crippen MR) is 113 cm³/mol. The van der Waals surface area contributed by atoms with E-state index in [1.165, 1.54) is 28.3 Å². The first-order valence-corrected chi connectivity index (χ1v) is 9.77. The number of rotatable bonds is 5. The Morgan fingerprint density at radius 1 is 1.13 bits per heavy atom. The number of thiophene rings is 1. The van der Waals surface area contributed by atoms with Crippen molar-refractivity contribution in [1.29, 1.82) is 5.26 Å². The largest absolute Gasteiger partial charge is 0.478 e. The van der Waals surface area contributed by atoms with Gasteiger partial charge in [0.2, 0.25) is 0 Å². The normalized spacial score (nSPS) is 10.5. The summed E-state index contributed by atoms with van der Waals surface area (Å²) in [7, 11) is 0. The van der Waals surface area contributed by atoms with Gasteiger partial charge in [0.15, 0.2) is 0 Å². The lowest BCUT2D eigenvalue weighted by Crippen LogP contribution is -2.13. The molecule has 4 rings (SSSR count). The zero-order valence-electron chi connectivity index (χ0n) is 15.7. The summed E-state index contributed by atoms with van der Waals surface area (Å²) >= 11 is 1.19. The maximum atomic E-state index is 13.8. The molecule has 0 radical (unpaired) electrons. The molecule has 31 heavy (non-hydrogen) atoms. The van der Waals surface area contributed by atoms with Gasteiger partial charge in [-0.05, 0) is 42.5 Å². The minimum Gasteiger partial charge on any atom is -0.478 e. The first kappa shape index (κ1) is 20.0. The molecule has 0 bridgehead atoms. The number of hydrogen-bond acceptors (Lipinski definition) is 5. The highest BCUT2D eigenvalue weighted by atomic mass is 32.1. The van der Waals surface area contributed by atoms with E-state index in [9.17, 15) is 14.0 Å². The number of carbonyl (C=O) groups is 2. The maximum Gasteiger partial charge on any atom is 0.335 e. The lowest BCUT2D eigenvalue weighted by molar-refractivity contribution is 0.0696. The summed E-state index contributed by atoms with van der Waals surface area (Å²) in [6.07, 6.45) is 1.53. The van der Waals surface area contributed by atoms with Gasteiger partial charge in [0.25, 0.3) is 5.91 Å². The molecule has 0 aliphatic carbocycles. The van der Waals surface area contributed by atoms with Crippen molar-refractivity contribution in [1.82, 2.24) is 9.78 Å². The first-order valence-electron chi connectivity index (χ1n) is 8.95. The molecule has 7 nitrogen and oxygen atoms in total. The van der Waals surface area contributed by atoms with Crippen molar-refractivity contribution in [2.75, 3.05) is 5.32 Å². The lowest BCUT2D eigenvalue weighted by atomic mass is 10.1. The molecule has 152 valence electrons. The fourth-order valence-corrected chi connectivity index (χ4v) is 3.75. The zero-order chi connectivity index (χ0) is 22.0. The highest BCUT2D eigenvalue weighted by molar-refractivity contribution is 7.16. The topological polar surface area (TPSA) is 108 Å². The quantitative estimate of drug-likeness (QED) is 0.481. The molecule has 0 aliphatic heterocycles. The second-order valence-electron chi connectivity index (χ2n) is 6.44. The van der Waals surface area contributed by atoms with Crippen LogP contribution in [0.5, 0.6) is 0 Å². The number of nitriles is 1. The summed E-state index contributed by atoms with van der Waals surface area (Å²) in [6.45, 7) is 0. The molecule has 0 aliphatic rings. The third kappa shape index (κ3) is 4.19. The van der Waals surface area contributed by atoms with Crippen molar-refractivity contribution in [2.45, 2.75) is 0 Å². The Bertz CT molecular complexity index is 1340. The standard InChI is InChI=1S/C22H13FN4O3S/c23-14-8-13(22(29)30)9-15(10-14)25-21(28)18-12-27(16-4-2-1-3-5-16)26-20(18)19-7-6-17(11-24)31-19/h1-10,12H,(H,25,28)(H,29,30). The number of hydrogen-bond donors (Lipinski definition) is 2. The minimum absolute atomic E-state index is 0.00436. The molecular formula is C22H13FN4O3S. The number of aromatic nitrogens is 2. The summed E-state index contributed by atoms with van der Waals surface area (Å²) < 4.78 is 15.3. The van der Waals surface area contributed by atoms with E-state index in [0.717, 1.165) is 17.8 Å². The first-order chi connectivity index (χ1) is 14.9. The van der Waals surface area contributed by atoms with Crippen LogP contribution in [0.2, 0.25) is 0 Å². The second-order valence-corrected chi connectivity index (χ2v) is 7.52. The van der Waals surface area contributed by atoms with Gasteiger partial charge in [-0.3, -0.25) is 4.79 Å². The number of nitrogens with one attached hydrogen (secondary N) is 1. The van der Waals surface area contributed by atoms with E-state index in [2.05, 4.69) is 16.5 Å². The van der Waals surface area contributed by atoms with Gasteiger partial charge in [-0.15, -0.1) is 11.3 Å². The zero-order valence-corrected chi connectivity index (χ0v) is 16.6. The van der Waals surface area contributed by atoms with E-state index in [-0.39, 0.29) is 16.8 Å². The average molecular weight is 432 g/mol. The Balaban J connectivity index is 1.76. The number of halogens is 1. The van der Waals surface area contributed by atoms with E-state index in [1.807, 2.05) is 30.3 Å². The molecule has 1 amide bonds. The van der Waals surface area contributed by atoms with Gasteiger partial charge in [-0.2, -0.15) is 10.4 Å². The molecule has 9 heteroatoms. The molecule has 0 atom stereocenters. The van der Waals surface area contributed by atoms with Crippen LogP contribution in [0.25, 0.3) is 16.3 Å². The Hall–Kier alpha value is -4.29. The van der Waals surface area contributed by atoms with Crippen LogP contribution in [0, 0.1) is 17.1 Å². The molecule has 0 fully saturated rings. The summed E-state index contributed by atoms with van der Waals surface area (Å²) in [6, 6.07) is 17.6. The molecule has 2 aromatic heterocycles. The predicted octanol–water partition coefficient (Wildman–Crippen LogP) is 4.56. The van der Waals surface area contributed by atoms with Crippen LogP contribution < -0.4 is 5.32 Å².